The molecule has 20 heavy (non-hydrogen) atoms. The number of hydrogen-bond donors (Lipinski definition) is 1. The summed E-state index contributed by atoms with van der Waals surface area (Å²) in [5, 5.41) is 0. The molecule has 0 bridgehead atoms. The van der Waals surface area contributed by atoms with E-state index in [0.717, 1.165) is 41.6 Å². The average molecular weight is 289 g/mol. The summed E-state index contributed by atoms with van der Waals surface area (Å²) >= 11 is 1.83. The van der Waals surface area contributed by atoms with Crippen LogP contribution in [0, 0.1) is 5.92 Å². The second-order valence-electron chi connectivity index (χ2n) is 5.38. The number of thioether (sulfide) groups is 1. The van der Waals surface area contributed by atoms with E-state index >= 15 is 0 Å². The predicted octanol–water partition coefficient (Wildman–Crippen LogP) is 3.69. The Morgan fingerprint density at radius 2 is 1.95 bits per heavy atom. The number of anilines is 1. The fraction of sp³-hybridized carbons (Fsp3) is 0.438. The van der Waals surface area contributed by atoms with E-state index in [4.69, 9.17) is 10.7 Å². The van der Waals surface area contributed by atoms with Gasteiger partial charge < -0.3 is 10.3 Å². The van der Waals surface area contributed by atoms with Crippen LogP contribution in [-0.4, -0.2) is 21.6 Å². The summed E-state index contributed by atoms with van der Waals surface area (Å²) in [5.41, 5.74) is 8.48. The average Bonchev–Trinajstić information content (AvgIpc) is 2.74. The standard InChI is InChI=1S/C16H23N3S/c1-12(2)11-19-15(17)14(9-10-20-3)18-16(19)13-7-5-4-6-8-13/h4-8,12H,9-11,17H2,1-3H3. The number of rotatable bonds is 6. The van der Waals surface area contributed by atoms with Crippen molar-refractivity contribution in [3.05, 3.63) is 36.0 Å². The number of aryl methyl sites for hydroxylation is 1. The molecule has 1 heterocycles. The minimum Gasteiger partial charge on any atom is -0.384 e. The van der Waals surface area contributed by atoms with Crippen LogP contribution in [0.5, 0.6) is 0 Å². The molecule has 3 nitrogen and oxygen atoms in total. The largest absolute Gasteiger partial charge is 0.384 e. The zero-order valence-corrected chi connectivity index (χ0v) is 13.3. The van der Waals surface area contributed by atoms with Gasteiger partial charge in [0.2, 0.25) is 0 Å². The van der Waals surface area contributed by atoms with Crippen LogP contribution in [0.25, 0.3) is 11.4 Å². The molecule has 108 valence electrons. The van der Waals surface area contributed by atoms with Crippen molar-refractivity contribution in [2.75, 3.05) is 17.7 Å². The normalized spacial score (nSPS) is 11.2. The highest BCUT2D eigenvalue weighted by Gasteiger charge is 2.16. The highest BCUT2D eigenvalue weighted by molar-refractivity contribution is 7.98. The summed E-state index contributed by atoms with van der Waals surface area (Å²) in [5.74, 6) is 3.42. The van der Waals surface area contributed by atoms with Gasteiger partial charge in [0.25, 0.3) is 0 Å². The van der Waals surface area contributed by atoms with E-state index in [1.807, 2.05) is 30.0 Å². The predicted molar refractivity (Wildman–Crippen MR) is 89.0 cm³/mol. The topological polar surface area (TPSA) is 43.8 Å². The first kappa shape index (κ1) is 15.0. The van der Waals surface area contributed by atoms with Crippen molar-refractivity contribution >= 4 is 17.6 Å². The first-order chi connectivity index (χ1) is 9.63. The fourth-order valence-corrected chi connectivity index (χ4v) is 2.65. The number of imidazole rings is 1. The first-order valence-electron chi connectivity index (χ1n) is 7.02. The molecular formula is C16H23N3S. The molecule has 0 aliphatic carbocycles. The molecule has 0 unspecified atom stereocenters. The van der Waals surface area contributed by atoms with Gasteiger partial charge in [0.15, 0.2) is 0 Å². The molecule has 2 rings (SSSR count). The van der Waals surface area contributed by atoms with Crippen molar-refractivity contribution in [2.45, 2.75) is 26.8 Å². The maximum absolute atomic E-state index is 6.32. The van der Waals surface area contributed by atoms with Gasteiger partial charge in [0.05, 0.1) is 5.69 Å². The lowest BCUT2D eigenvalue weighted by molar-refractivity contribution is 0.531. The number of nitrogens with two attached hydrogens (primary N) is 1. The van der Waals surface area contributed by atoms with Gasteiger partial charge in [-0.05, 0) is 17.9 Å². The number of aromatic nitrogens is 2. The second-order valence-corrected chi connectivity index (χ2v) is 6.37. The van der Waals surface area contributed by atoms with E-state index in [-0.39, 0.29) is 0 Å². The van der Waals surface area contributed by atoms with Crippen LogP contribution in [0.4, 0.5) is 5.82 Å². The Morgan fingerprint density at radius 1 is 1.25 bits per heavy atom. The Morgan fingerprint density at radius 3 is 2.55 bits per heavy atom. The lowest BCUT2D eigenvalue weighted by atomic mass is 10.2. The number of nitrogen functional groups attached to an aromatic ring is 1. The Balaban J connectivity index is 2.43. The van der Waals surface area contributed by atoms with Crippen LogP contribution in [0.2, 0.25) is 0 Å². The highest BCUT2D eigenvalue weighted by Crippen LogP contribution is 2.26. The van der Waals surface area contributed by atoms with Crippen molar-refractivity contribution in [3.8, 4) is 11.4 Å². The van der Waals surface area contributed by atoms with Gasteiger partial charge in [-0.25, -0.2) is 4.98 Å². The van der Waals surface area contributed by atoms with Gasteiger partial charge in [-0.15, -0.1) is 0 Å². The smallest absolute Gasteiger partial charge is 0.141 e. The first-order valence-corrected chi connectivity index (χ1v) is 8.42. The Kier molecular flexibility index (Phi) is 5.12. The quantitative estimate of drug-likeness (QED) is 0.882. The maximum atomic E-state index is 6.32. The molecule has 2 aromatic rings. The number of hydrogen-bond acceptors (Lipinski definition) is 3. The molecule has 0 atom stereocenters. The molecule has 4 heteroatoms. The van der Waals surface area contributed by atoms with E-state index in [1.54, 1.807) is 0 Å². The zero-order chi connectivity index (χ0) is 14.5. The van der Waals surface area contributed by atoms with Crippen molar-refractivity contribution < 1.29 is 0 Å². The van der Waals surface area contributed by atoms with Crippen molar-refractivity contribution in [1.82, 2.24) is 9.55 Å². The molecule has 0 spiro atoms. The molecule has 0 saturated carbocycles. The SMILES string of the molecule is CSCCc1nc(-c2ccccc2)n(CC(C)C)c1N. The van der Waals surface area contributed by atoms with E-state index in [9.17, 15) is 0 Å². The number of benzene rings is 1. The molecule has 2 N–H and O–H groups in total. The summed E-state index contributed by atoms with van der Waals surface area (Å²) in [4.78, 5) is 4.80. The summed E-state index contributed by atoms with van der Waals surface area (Å²) < 4.78 is 2.16. The van der Waals surface area contributed by atoms with Gasteiger partial charge in [-0.3, -0.25) is 0 Å². The van der Waals surface area contributed by atoms with Crippen LogP contribution < -0.4 is 5.73 Å². The Hall–Kier alpha value is -1.42. The van der Waals surface area contributed by atoms with Crippen LogP contribution in [0.15, 0.2) is 30.3 Å². The Bertz CT molecular complexity index is 546. The maximum Gasteiger partial charge on any atom is 0.141 e. The van der Waals surface area contributed by atoms with Gasteiger partial charge >= 0.3 is 0 Å². The van der Waals surface area contributed by atoms with E-state index in [0.29, 0.717) is 5.92 Å². The van der Waals surface area contributed by atoms with E-state index < -0.39 is 0 Å². The molecule has 1 aromatic heterocycles. The molecule has 1 aromatic carbocycles. The minimum absolute atomic E-state index is 0.544. The zero-order valence-electron chi connectivity index (χ0n) is 12.5. The van der Waals surface area contributed by atoms with E-state index in [2.05, 4.69) is 36.8 Å². The fourth-order valence-electron chi connectivity index (χ4n) is 2.26. The van der Waals surface area contributed by atoms with Crippen molar-refractivity contribution in [2.24, 2.45) is 5.92 Å². The van der Waals surface area contributed by atoms with Crippen LogP contribution >= 0.6 is 11.8 Å². The molecular weight excluding hydrogens is 266 g/mol. The Labute approximate surface area is 125 Å². The van der Waals surface area contributed by atoms with Crippen LogP contribution in [-0.2, 0) is 13.0 Å². The van der Waals surface area contributed by atoms with Gasteiger partial charge in [0, 0.05) is 18.5 Å². The van der Waals surface area contributed by atoms with Crippen molar-refractivity contribution in [3.63, 3.8) is 0 Å². The molecule has 0 amide bonds. The summed E-state index contributed by atoms with van der Waals surface area (Å²) in [7, 11) is 0. The third-order valence-corrected chi connectivity index (χ3v) is 3.82. The second kappa shape index (κ2) is 6.84. The third kappa shape index (κ3) is 3.37. The third-order valence-electron chi connectivity index (χ3n) is 3.21. The summed E-state index contributed by atoms with van der Waals surface area (Å²) in [6.07, 6.45) is 3.04. The lowest BCUT2D eigenvalue weighted by Crippen LogP contribution is -2.10. The van der Waals surface area contributed by atoms with Gasteiger partial charge in [-0.1, -0.05) is 44.2 Å². The highest BCUT2D eigenvalue weighted by atomic mass is 32.2. The van der Waals surface area contributed by atoms with Gasteiger partial charge in [0.1, 0.15) is 11.6 Å². The molecule has 0 saturated heterocycles. The number of nitrogens with zero attached hydrogens (tertiary/aromatic N) is 2. The van der Waals surface area contributed by atoms with Crippen molar-refractivity contribution in [1.29, 1.82) is 0 Å². The summed E-state index contributed by atoms with van der Waals surface area (Å²) in [6, 6.07) is 10.3. The van der Waals surface area contributed by atoms with Crippen LogP contribution in [0.3, 0.4) is 0 Å². The van der Waals surface area contributed by atoms with E-state index in [1.165, 1.54) is 0 Å². The minimum atomic E-state index is 0.544. The summed E-state index contributed by atoms with van der Waals surface area (Å²) in [6.45, 7) is 5.31. The van der Waals surface area contributed by atoms with Gasteiger partial charge in [-0.2, -0.15) is 11.8 Å². The van der Waals surface area contributed by atoms with Crippen LogP contribution in [0.1, 0.15) is 19.5 Å². The molecule has 0 radical (unpaired) electrons. The molecule has 0 aliphatic heterocycles. The molecule has 0 fully saturated rings. The lowest BCUT2D eigenvalue weighted by Gasteiger charge is -2.12. The monoisotopic (exact) mass is 289 g/mol. The molecule has 0 aliphatic rings.